The number of nitrogens with zero attached hydrogens (tertiary/aromatic N) is 4. The zero-order valence-corrected chi connectivity index (χ0v) is 14.6. The molecule has 0 aliphatic heterocycles. The first-order valence-corrected chi connectivity index (χ1v) is 9.23. The number of thiophene rings is 2. The summed E-state index contributed by atoms with van der Waals surface area (Å²) < 4.78 is 10.5. The van der Waals surface area contributed by atoms with Crippen LogP contribution in [-0.2, 0) is 17.9 Å². The van der Waals surface area contributed by atoms with E-state index in [0.29, 0.717) is 17.2 Å². The quantitative estimate of drug-likeness (QED) is 0.507. The van der Waals surface area contributed by atoms with Crippen molar-refractivity contribution in [2.75, 3.05) is 0 Å². The molecular weight excluding hydrogens is 344 g/mol. The smallest absolute Gasteiger partial charge is 0.348 e. The maximum Gasteiger partial charge on any atom is 0.348 e. The number of ether oxygens (including phenoxy) is 1. The fraction of sp³-hybridized carbons (Fsp3) is 0.250. The normalized spacial score (nSPS) is 11.4. The predicted octanol–water partition coefficient (Wildman–Crippen LogP) is 3.87. The highest BCUT2D eigenvalue weighted by atomic mass is 32.1. The van der Waals surface area contributed by atoms with Crippen LogP contribution in [-0.4, -0.2) is 26.2 Å². The number of carbonyl (C=O) groups excluding carboxylic acids is 1. The van der Waals surface area contributed by atoms with Crippen LogP contribution in [0.4, 0.5) is 0 Å². The lowest BCUT2D eigenvalue weighted by molar-refractivity contribution is 0.0462. The van der Waals surface area contributed by atoms with Gasteiger partial charge in [0.05, 0.1) is 4.70 Å². The van der Waals surface area contributed by atoms with E-state index in [9.17, 15) is 4.79 Å². The second-order valence-corrected chi connectivity index (χ2v) is 7.43. The number of rotatable bonds is 5. The van der Waals surface area contributed by atoms with Crippen LogP contribution < -0.4 is 0 Å². The molecule has 0 atom stereocenters. The largest absolute Gasteiger partial charge is 0.453 e. The molecule has 0 amide bonds. The number of hydrogen-bond donors (Lipinski definition) is 0. The van der Waals surface area contributed by atoms with Gasteiger partial charge in [0, 0.05) is 21.3 Å². The molecule has 0 spiro atoms. The molecule has 8 heteroatoms. The molecule has 0 radical (unpaired) electrons. The Bertz CT molecular complexity index is 1020. The third-order valence-electron chi connectivity index (χ3n) is 3.62. The maximum absolute atomic E-state index is 12.3. The third kappa shape index (κ3) is 2.67. The molecule has 0 aliphatic rings. The Kier molecular flexibility index (Phi) is 3.99. The van der Waals surface area contributed by atoms with Gasteiger partial charge in [0.25, 0.3) is 0 Å². The van der Waals surface area contributed by atoms with Crippen molar-refractivity contribution in [3.63, 3.8) is 0 Å². The average molecular weight is 358 g/mol. The fourth-order valence-corrected chi connectivity index (χ4v) is 4.93. The minimum atomic E-state index is -0.335. The van der Waals surface area contributed by atoms with Gasteiger partial charge in [-0.25, -0.2) is 9.48 Å². The lowest BCUT2D eigenvalue weighted by atomic mass is 10.2. The Hall–Kier alpha value is -2.32. The zero-order valence-electron chi connectivity index (χ0n) is 12.9. The Morgan fingerprint density at radius 3 is 3.00 bits per heavy atom. The number of aryl methyl sites for hydroxylation is 1. The molecular formula is C16H14N4O2S2. The van der Waals surface area contributed by atoms with Crippen molar-refractivity contribution in [2.24, 2.45) is 0 Å². The monoisotopic (exact) mass is 358 g/mol. The standard InChI is InChI=1S/C16H14N4O2S2/c1-2-7-20-14(17-18-19-20)9-22-16(21)13-8-12-15(24-13)10-5-3-4-6-11(10)23-12/h3-6,8H,2,7,9H2,1H3. The summed E-state index contributed by atoms with van der Waals surface area (Å²) in [5, 5.41) is 12.6. The first kappa shape index (κ1) is 15.2. The van der Waals surface area contributed by atoms with Gasteiger partial charge in [-0.3, -0.25) is 0 Å². The van der Waals surface area contributed by atoms with E-state index in [-0.39, 0.29) is 12.6 Å². The molecule has 4 rings (SSSR count). The minimum absolute atomic E-state index is 0.0815. The van der Waals surface area contributed by atoms with Crippen LogP contribution in [0.5, 0.6) is 0 Å². The SMILES string of the molecule is CCCn1nnnc1COC(=O)c1cc2sc3ccccc3c2s1. The van der Waals surface area contributed by atoms with Gasteiger partial charge >= 0.3 is 5.97 Å². The van der Waals surface area contributed by atoms with Gasteiger partial charge in [0.1, 0.15) is 4.88 Å². The topological polar surface area (TPSA) is 69.9 Å². The number of hydrogen-bond acceptors (Lipinski definition) is 7. The van der Waals surface area contributed by atoms with Crippen molar-refractivity contribution in [3.8, 4) is 0 Å². The summed E-state index contributed by atoms with van der Waals surface area (Å²) in [4.78, 5) is 12.9. The van der Waals surface area contributed by atoms with Crippen molar-refractivity contribution in [3.05, 3.63) is 41.0 Å². The molecule has 122 valence electrons. The van der Waals surface area contributed by atoms with E-state index in [1.54, 1.807) is 16.0 Å². The summed E-state index contributed by atoms with van der Waals surface area (Å²) in [5.41, 5.74) is 0. The van der Waals surface area contributed by atoms with Gasteiger partial charge in [-0.15, -0.1) is 27.8 Å². The molecule has 0 bridgehead atoms. The fourth-order valence-electron chi connectivity index (χ4n) is 2.51. The van der Waals surface area contributed by atoms with Gasteiger partial charge in [-0.2, -0.15) is 0 Å². The van der Waals surface area contributed by atoms with E-state index < -0.39 is 0 Å². The van der Waals surface area contributed by atoms with Crippen molar-refractivity contribution in [1.82, 2.24) is 20.2 Å². The molecule has 0 unspecified atom stereocenters. The lowest BCUT2D eigenvalue weighted by Gasteiger charge is -2.03. The third-order valence-corrected chi connectivity index (χ3v) is 6.02. The Labute approximate surface area is 145 Å². The molecule has 3 aromatic heterocycles. The summed E-state index contributed by atoms with van der Waals surface area (Å²) in [7, 11) is 0. The second-order valence-electron chi connectivity index (χ2n) is 5.30. The molecule has 24 heavy (non-hydrogen) atoms. The van der Waals surface area contributed by atoms with Crippen LogP contribution >= 0.6 is 22.7 Å². The molecule has 0 aliphatic carbocycles. The van der Waals surface area contributed by atoms with Crippen LogP contribution in [0.1, 0.15) is 28.8 Å². The first-order valence-electron chi connectivity index (χ1n) is 7.59. The van der Waals surface area contributed by atoms with Gasteiger partial charge in [0.2, 0.25) is 0 Å². The summed E-state index contributed by atoms with van der Waals surface area (Å²) in [6.07, 6.45) is 0.917. The number of carbonyl (C=O) groups is 1. The highest BCUT2D eigenvalue weighted by molar-refractivity contribution is 7.33. The maximum atomic E-state index is 12.3. The van der Waals surface area contributed by atoms with Crippen molar-refractivity contribution in [2.45, 2.75) is 26.5 Å². The van der Waals surface area contributed by atoms with E-state index in [4.69, 9.17) is 4.74 Å². The predicted molar refractivity (Wildman–Crippen MR) is 94.4 cm³/mol. The van der Waals surface area contributed by atoms with E-state index >= 15 is 0 Å². The number of benzene rings is 1. The summed E-state index contributed by atoms with van der Waals surface area (Å²) in [5.74, 6) is 0.229. The molecule has 0 saturated carbocycles. The summed E-state index contributed by atoms with van der Waals surface area (Å²) in [6.45, 7) is 2.83. The van der Waals surface area contributed by atoms with E-state index in [1.807, 2.05) is 25.1 Å². The summed E-state index contributed by atoms with van der Waals surface area (Å²) >= 11 is 3.16. The van der Waals surface area contributed by atoms with Crippen molar-refractivity contribution in [1.29, 1.82) is 0 Å². The Balaban J connectivity index is 1.54. The molecule has 0 fully saturated rings. The lowest BCUT2D eigenvalue weighted by Crippen LogP contribution is -2.10. The van der Waals surface area contributed by atoms with Crippen LogP contribution in [0.25, 0.3) is 19.5 Å². The molecule has 3 heterocycles. The molecule has 4 aromatic rings. The van der Waals surface area contributed by atoms with E-state index in [1.165, 1.54) is 21.4 Å². The molecule has 0 N–H and O–H groups in total. The highest BCUT2D eigenvalue weighted by Gasteiger charge is 2.16. The van der Waals surface area contributed by atoms with Crippen LogP contribution in [0, 0.1) is 0 Å². The number of tetrazole rings is 1. The zero-order chi connectivity index (χ0) is 16.5. The average Bonchev–Trinajstić information content (AvgIpc) is 3.27. The van der Waals surface area contributed by atoms with Crippen molar-refractivity contribution < 1.29 is 9.53 Å². The van der Waals surface area contributed by atoms with Gasteiger partial charge < -0.3 is 4.74 Å². The number of fused-ring (bicyclic) bond motifs is 3. The highest BCUT2D eigenvalue weighted by Crippen LogP contribution is 2.39. The minimum Gasteiger partial charge on any atom is -0.453 e. The van der Waals surface area contributed by atoms with Crippen LogP contribution in [0.3, 0.4) is 0 Å². The van der Waals surface area contributed by atoms with Gasteiger partial charge in [-0.05, 0) is 29.0 Å². The molecule has 1 aromatic carbocycles. The first-order chi connectivity index (χ1) is 11.8. The van der Waals surface area contributed by atoms with Crippen LogP contribution in [0.15, 0.2) is 30.3 Å². The van der Waals surface area contributed by atoms with Crippen LogP contribution in [0.2, 0.25) is 0 Å². The molecule has 6 nitrogen and oxygen atoms in total. The number of esters is 1. The Morgan fingerprint density at radius 2 is 2.12 bits per heavy atom. The van der Waals surface area contributed by atoms with E-state index in [0.717, 1.165) is 15.8 Å². The van der Waals surface area contributed by atoms with Crippen molar-refractivity contribution >= 4 is 48.1 Å². The van der Waals surface area contributed by atoms with Gasteiger partial charge in [0.15, 0.2) is 12.4 Å². The Morgan fingerprint density at radius 1 is 1.25 bits per heavy atom. The van der Waals surface area contributed by atoms with Gasteiger partial charge in [-0.1, -0.05) is 25.1 Å². The second kappa shape index (κ2) is 6.29. The summed E-state index contributed by atoms with van der Waals surface area (Å²) in [6, 6.07) is 10.1. The van der Waals surface area contributed by atoms with E-state index in [2.05, 4.69) is 27.7 Å². The molecule has 0 saturated heterocycles. The number of aromatic nitrogens is 4.